The summed E-state index contributed by atoms with van der Waals surface area (Å²) in [6.07, 6.45) is 7.97. The molecule has 0 radical (unpaired) electrons. The molecule has 5 aromatic carbocycles. The van der Waals surface area contributed by atoms with Gasteiger partial charge in [0.2, 0.25) is 11.8 Å². The van der Waals surface area contributed by atoms with Crippen LogP contribution >= 0.6 is 0 Å². The van der Waals surface area contributed by atoms with E-state index in [-0.39, 0.29) is 48.5 Å². The van der Waals surface area contributed by atoms with Crippen molar-refractivity contribution in [1.29, 1.82) is 0 Å². The first-order valence-electron chi connectivity index (χ1n) is 18.8. The molecule has 0 N–H and O–H groups in total. The lowest BCUT2D eigenvalue weighted by Crippen LogP contribution is -2.42. The first-order valence-corrected chi connectivity index (χ1v) is 18.8. The van der Waals surface area contributed by atoms with Crippen LogP contribution < -0.4 is 0 Å². The molecule has 0 unspecified atom stereocenters. The second kappa shape index (κ2) is 12.7. The topological polar surface area (TPSA) is 115 Å². The smallest absolute Gasteiger partial charge is 0.261 e. The summed E-state index contributed by atoms with van der Waals surface area (Å²) < 4.78 is 0. The van der Waals surface area contributed by atoms with E-state index in [1.807, 2.05) is 34.1 Å². The van der Waals surface area contributed by atoms with Crippen molar-refractivity contribution >= 4 is 78.5 Å². The normalized spacial score (nSPS) is 18.5. The van der Waals surface area contributed by atoms with Gasteiger partial charge in [0.15, 0.2) is 0 Å². The number of hydrogen-bond acceptors (Lipinski definition) is 6. The lowest BCUT2D eigenvalue weighted by Gasteiger charge is -2.31. The van der Waals surface area contributed by atoms with Gasteiger partial charge in [-0.15, -0.1) is 0 Å². The van der Waals surface area contributed by atoms with Gasteiger partial charge in [-0.25, -0.2) is 0 Å². The molecule has 0 spiro atoms. The molecule has 6 amide bonds. The maximum absolute atomic E-state index is 13.9. The Morgan fingerprint density at radius 1 is 0.385 bits per heavy atom. The molecule has 2 saturated heterocycles. The zero-order chi connectivity index (χ0) is 35.7. The number of carbonyl (C=O) groups is 6. The van der Waals surface area contributed by atoms with Gasteiger partial charge >= 0.3 is 0 Å². The molecule has 0 saturated carbocycles. The molecule has 9 rings (SSSR count). The van der Waals surface area contributed by atoms with Crippen molar-refractivity contribution in [2.45, 2.75) is 64.2 Å². The van der Waals surface area contributed by atoms with Crippen LogP contribution in [-0.2, 0) is 9.59 Å². The minimum atomic E-state index is -0.337. The van der Waals surface area contributed by atoms with Gasteiger partial charge in [-0.1, -0.05) is 37.1 Å². The van der Waals surface area contributed by atoms with Gasteiger partial charge in [0.1, 0.15) is 0 Å². The van der Waals surface area contributed by atoms with Gasteiger partial charge in [-0.2, -0.15) is 0 Å². The molecule has 264 valence electrons. The standard InChI is InChI=1S/C42H40N4O6/c47-33-9-3-1-5-19-43(33)21-7-23-45-39(49)29-15-11-25-27-13-17-31-38-32(18-14-28(36(27)38)26-12-16-30(40(45)50)37(29)35(25)26)42(52)46(41(31)51)24-8-22-44-20-6-2-4-10-34(44)48/h11-18H,1-10,19-24H2. The Morgan fingerprint density at radius 2 is 0.731 bits per heavy atom. The quantitative estimate of drug-likeness (QED) is 0.104. The lowest BCUT2D eigenvalue weighted by molar-refractivity contribution is -0.131. The SMILES string of the molecule is O=C1CCCCCN1CCCN1C(=O)c2ccc3c4ccc5c6c(ccc(c7ccc(c2c37)C1=O)c64)C(=O)N(CCCN1CCCCCC1=O)C5=O. The van der Waals surface area contributed by atoms with E-state index in [1.54, 1.807) is 24.3 Å². The van der Waals surface area contributed by atoms with Crippen molar-refractivity contribution in [1.82, 2.24) is 19.6 Å². The number of rotatable bonds is 8. The van der Waals surface area contributed by atoms with Crippen molar-refractivity contribution < 1.29 is 28.8 Å². The number of benzene rings is 5. The Balaban J connectivity index is 1.05. The van der Waals surface area contributed by atoms with Crippen LogP contribution in [0, 0.1) is 0 Å². The number of fused-ring (bicyclic) bond motifs is 2. The summed E-state index contributed by atoms with van der Waals surface area (Å²) in [6.45, 7) is 2.93. The molecule has 0 aliphatic carbocycles. The summed E-state index contributed by atoms with van der Waals surface area (Å²) in [5.41, 5.74) is 1.88. The third kappa shape index (κ3) is 4.98. The van der Waals surface area contributed by atoms with E-state index in [2.05, 4.69) is 0 Å². The van der Waals surface area contributed by atoms with Crippen molar-refractivity contribution in [2.24, 2.45) is 0 Å². The van der Waals surface area contributed by atoms with Crippen LogP contribution in [0.1, 0.15) is 106 Å². The predicted octanol–water partition coefficient (Wildman–Crippen LogP) is 6.51. The van der Waals surface area contributed by atoms with E-state index < -0.39 is 0 Å². The van der Waals surface area contributed by atoms with E-state index >= 15 is 0 Å². The summed E-state index contributed by atoms with van der Waals surface area (Å²) >= 11 is 0. The summed E-state index contributed by atoms with van der Waals surface area (Å²) in [7, 11) is 0. The van der Waals surface area contributed by atoms with E-state index in [0.717, 1.165) is 70.8 Å². The number of nitrogens with zero attached hydrogens (tertiary/aromatic N) is 4. The van der Waals surface area contributed by atoms with Crippen LogP contribution in [0.15, 0.2) is 48.5 Å². The highest BCUT2D eigenvalue weighted by Crippen LogP contribution is 2.46. The molecule has 4 aliphatic rings. The Labute approximate surface area is 300 Å². The summed E-state index contributed by atoms with van der Waals surface area (Å²) in [6, 6.07) is 14.8. The van der Waals surface area contributed by atoms with Gasteiger partial charge in [0.05, 0.1) is 0 Å². The molecule has 52 heavy (non-hydrogen) atoms. The third-order valence-electron chi connectivity index (χ3n) is 11.8. The van der Waals surface area contributed by atoms with Gasteiger partial charge in [-0.05, 0) is 95.1 Å². The maximum Gasteiger partial charge on any atom is 0.261 e. The van der Waals surface area contributed by atoms with Crippen LogP contribution in [0.2, 0.25) is 0 Å². The molecule has 0 bridgehead atoms. The van der Waals surface area contributed by atoms with Crippen LogP contribution in [-0.4, -0.2) is 94.3 Å². The van der Waals surface area contributed by atoms with E-state index in [1.165, 1.54) is 9.80 Å². The molecular formula is C42H40N4O6. The Morgan fingerprint density at radius 3 is 1.08 bits per heavy atom. The van der Waals surface area contributed by atoms with Crippen molar-refractivity contribution in [3.05, 3.63) is 70.8 Å². The lowest BCUT2D eigenvalue weighted by atomic mass is 9.82. The van der Waals surface area contributed by atoms with Gasteiger partial charge in [-0.3, -0.25) is 38.6 Å². The van der Waals surface area contributed by atoms with Crippen LogP contribution in [0.4, 0.5) is 0 Å². The molecule has 10 heteroatoms. The fraction of sp³-hybridized carbons (Fsp3) is 0.381. The second-order valence-corrected chi connectivity index (χ2v) is 14.8. The predicted molar refractivity (Wildman–Crippen MR) is 198 cm³/mol. The molecule has 4 heterocycles. The summed E-state index contributed by atoms with van der Waals surface area (Å²) in [4.78, 5) is 87.1. The van der Waals surface area contributed by atoms with Crippen LogP contribution in [0.25, 0.3) is 43.1 Å². The van der Waals surface area contributed by atoms with Crippen molar-refractivity contribution in [2.75, 3.05) is 39.3 Å². The zero-order valence-electron chi connectivity index (χ0n) is 29.2. The van der Waals surface area contributed by atoms with Crippen molar-refractivity contribution in [3.63, 3.8) is 0 Å². The zero-order valence-corrected chi connectivity index (χ0v) is 29.2. The average Bonchev–Trinajstić information content (AvgIpc) is 3.49. The highest BCUT2D eigenvalue weighted by Gasteiger charge is 2.37. The highest BCUT2D eigenvalue weighted by atomic mass is 16.2. The van der Waals surface area contributed by atoms with Gasteiger partial charge in [0.25, 0.3) is 23.6 Å². The number of hydrogen-bond donors (Lipinski definition) is 0. The average molecular weight is 697 g/mol. The third-order valence-corrected chi connectivity index (χ3v) is 11.8. The molecular weight excluding hydrogens is 656 g/mol. The largest absolute Gasteiger partial charge is 0.343 e. The van der Waals surface area contributed by atoms with E-state index in [4.69, 9.17) is 0 Å². The minimum Gasteiger partial charge on any atom is -0.343 e. The number of amides is 6. The Bertz CT molecular complexity index is 2100. The van der Waals surface area contributed by atoms with Crippen molar-refractivity contribution in [3.8, 4) is 0 Å². The minimum absolute atomic E-state index is 0.141. The molecule has 4 aliphatic heterocycles. The molecule has 0 aromatic heterocycles. The van der Waals surface area contributed by atoms with Gasteiger partial charge < -0.3 is 9.80 Å². The fourth-order valence-corrected chi connectivity index (χ4v) is 9.16. The Hall–Kier alpha value is -5.38. The second-order valence-electron chi connectivity index (χ2n) is 14.8. The maximum atomic E-state index is 13.9. The van der Waals surface area contributed by atoms with Gasteiger partial charge in [0, 0.05) is 85.1 Å². The Kier molecular flexibility index (Phi) is 7.93. The highest BCUT2D eigenvalue weighted by molar-refractivity contribution is 6.41. The number of imide groups is 2. The molecule has 10 nitrogen and oxygen atoms in total. The van der Waals surface area contributed by atoms with E-state index in [9.17, 15) is 28.8 Å². The fourth-order valence-electron chi connectivity index (χ4n) is 9.16. The summed E-state index contributed by atoms with van der Waals surface area (Å²) in [5.74, 6) is -1.07. The van der Waals surface area contributed by atoms with Crippen LogP contribution in [0.5, 0.6) is 0 Å². The van der Waals surface area contributed by atoms with E-state index in [0.29, 0.717) is 84.9 Å². The monoisotopic (exact) mass is 696 g/mol. The first-order chi connectivity index (χ1) is 25.3. The molecule has 0 atom stereocenters. The van der Waals surface area contributed by atoms with Crippen LogP contribution in [0.3, 0.4) is 0 Å². The summed E-state index contributed by atoms with van der Waals surface area (Å²) in [5, 5.41) is 6.30. The molecule has 5 aromatic rings. The first kappa shape index (κ1) is 32.5. The number of likely N-dealkylation sites (tertiary alicyclic amines) is 2. The number of carbonyl (C=O) groups excluding carboxylic acids is 6. The molecule has 2 fully saturated rings.